The summed E-state index contributed by atoms with van der Waals surface area (Å²) < 4.78 is 11.2. The van der Waals surface area contributed by atoms with Crippen LogP contribution in [-0.4, -0.2) is 34.3 Å². The van der Waals surface area contributed by atoms with Crippen LogP contribution in [-0.2, 0) is 0 Å². The normalized spacial score (nSPS) is 15.9. The highest BCUT2D eigenvalue weighted by Gasteiger charge is 2.21. The number of benzene rings is 1. The van der Waals surface area contributed by atoms with Gasteiger partial charge in [-0.2, -0.15) is 0 Å². The molecule has 6 nitrogen and oxygen atoms in total. The zero-order valence-electron chi connectivity index (χ0n) is 16.3. The van der Waals surface area contributed by atoms with Crippen molar-refractivity contribution in [2.75, 3.05) is 18.5 Å². The van der Waals surface area contributed by atoms with Gasteiger partial charge in [0.2, 0.25) is 0 Å². The lowest BCUT2D eigenvalue weighted by Crippen LogP contribution is -2.15. The molecule has 3 aromatic rings. The van der Waals surface area contributed by atoms with Gasteiger partial charge in [-0.15, -0.1) is 23.1 Å². The molecule has 1 fully saturated rings. The van der Waals surface area contributed by atoms with Crippen LogP contribution in [0.15, 0.2) is 46.9 Å². The van der Waals surface area contributed by atoms with E-state index in [4.69, 9.17) is 9.47 Å². The van der Waals surface area contributed by atoms with Crippen molar-refractivity contribution in [3.05, 3.63) is 47.5 Å². The summed E-state index contributed by atoms with van der Waals surface area (Å²) in [5.41, 5.74) is 2.32. The van der Waals surface area contributed by atoms with Crippen LogP contribution in [0.5, 0.6) is 11.5 Å². The lowest BCUT2D eigenvalue weighted by molar-refractivity contribution is 0.102. The molecule has 5 rings (SSSR count). The first-order chi connectivity index (χ1) is 14.8. The summed E-state index contributed by atoms with van der Waals surface area (Å²) in [6.45, 7) is 1.11. The molecule has 30 heavy (non-hydrogen) atoms. The Morgan fingerprint density at radius 1 is 1.13 bits per heavy atom. The van der Waals surface area contributed by atoms with Crippen LogP contribution >= 0.6 is 23.1 Å². The van der Waals surface area contributed by atoms with Gasteiger partial charge < -0.3 is 9.47 Å². The van der Waals surface area contributed by atoms with Gasteiger partial charge in [-0.1, -0.05) is 12.8 Å². The molecule has 1 aromatic carbocycles. The topological polar surface area (TPSA) is 73.3 Å². The Morgan fingerprint density at radius 2 is 1.97 bits per heavy atom. The smallest absolute Gasteiger partial charge is 0.260 e. The maximum absolute atomic E-state index is 12.9. The number of carbonyl (C=O) groups is 1. The number of ether oxygens (including phenoxy) is 2. The van der Waals surface area contributed by atoms with E-state index in [2.05, 4.69) is 15.3 Å². The van der Waals surface area contributed by atoms with Crippen LogP contribution in [0, 0.1) is 0 Å². The van der Waals surface area contributed by atoms with Crippen molar-refractivity contribution in [1.82, 2.24) is 9.97 Å². The Kier molecular flexibility index (Phi) is 5.59. The van der Waals surface area contributed by atoms with Gasteiger partial charge in [-0.3, -0.25) is 10.1 Å². The Bertz CT molecular complexity index is 1060. The predicted molar refractivity (Wildman–Crippen MR) is 119 cm³/mol. The van der Waals surface area contributed by atoms with Gasteiger partial charge in [0.1, 0.15) is 18.2 Å². The zero-order chi connectivity index (χ0) is 20.3. The first-order valence-electron chi connectivity index (χ1n) is 10.0. The Morgan fingerprint density at radius 3 is 2.83 bits per heavy atom. The number of rotatable bonds is 5. The number of amides is 1. The summed E-state index contributed by atoms with van der Waals surface area (Å²) in [5, 5.41) is 6.77. The molecule has 3 heterocycles. The van der Waals surface area contributed by atoms with E-state index in [0.29, 0.717) is 29.2 Å². The highest BCUT2D eigenvalue weighted by atomic mass is 32.2. The highest BCUT2D eigenvalue weighted by Crippen LogP contribution is 2.37. The number of thiazole rings is 1. The lowest BCUT2D eigenvalue weighted by Gasteiger charge is -2.18. The van der Waals surface area contributed by atoms with Gasteiger partial charge in [-0.25, -0.2) is 9.97 Å². The summed E-state index contributed by atoms with van der Waals surface area (Å²) >= 11 is 3.12. The average Bonchev–Trinajstić information content (AvgIpc) is 3.46. The fourth-order valence-corrected chi connectivity index (χ4v) is 5.66. The molecule has 0 atom stereocenters. The van der Waals surface area contributed by atoms with E-state index in [1.165, 1.54) is 37.0 Å². The lowest BCUT2D eigenvalue weighted by atomic mass is 10.1. The van der Waals surface area contributed by atoms with Crippen LogP contribution in [0.4, 0.5) is 5.13 Å². The molecule has 1 N–H and O–H groups in total. The molecule has 0 unspecified atom stereocenters. The van der Waals surface area contributed by atoms with Crippen molar-refractivity contribution in [3.63, 3.8) is 0 Å². The zero-order valence-corrected chi connectivity index (χ0v) is 17.9. The fourth-order valence-electron chi connectivity index (χ4n) is 3.65. The van der Waals surface area contributed by atoms with Gasteiger partial charge in [-0.05, 0) is 43.2 Å². The van der Waals surface area contributed by atoms with Crippen molar-refractivity contribution in [2.24, 2.45) is 0 Å². The van der Waals surface area contributed by atoms with Crippen molar-refractivity contribution in [2.45, 2.75) is 36.0 Å². The second-order valence-electron chi connectivity index (χ2n) is 7.23. The van der Waals surface area contributed by atoms with Crippen LogP contribution < -0.4 is 14.8 Å². The number of anilines is 1. The minimum absolute atomic E-state index is 0.174. The van der Waals surface area contributed by atoms with Gasteiger partial charge in [0.05, 0.1) is 11.3 Å². The van der Waals surface area contributed by atoms with Crippen LogP contribution in [0.2, 0.25) is 0 Å². The third-order valence-electron chi connectivity index (χ3n) is 5.16. The summed E-state index contributed by atoms with van der Waals surface area (Å²) in [7, 11) is 0. The molecule has 0 spiro atoms. The highest BCUT2D eigenvalue weighted by molar-refractivity contribution is 7.99. The molecule has 2 aliphatic rings. The number of pyridine rings is 1. The summed E-state index contributed by atoms with van der Waals surface area (Å²) in [6, 6.07) is 9.40. The van der Waals surface area contributed by atoms with Crippen molar-refractivity contribution < 1.29 is 14.3 Å². The van der Waals surface area contributed by atoms with Crippen molar-refractivity contribution in [3.8, 4) is 22.8 Å². The summed E-state index contributed by atoms with van der Waals surface area (Å²) in [4.78, 5) is 22.0. The van der Waals surface area contributed by atoms with Crippen LogP contribution in [0.3, 0.4) is 0 Å². The minimum atomic E-state index is -0.174. The molecule has 1 saturated carbocycles. The summed E-state index contributed by atoms with van der Waals surface area (Å²) in [5.74, 6) is 1.30. The van der Waals surface area contributed by atoms with Crippen LogP contribution in [0.25, 0.3) is 11.3 Å². The van der Waals surface area contributed by atoms with Gasteiger partial charge in [0, 0.05) is 22.4 Å². The Hall–Kier alpha value is -2.58. The first-order valence-corrected chi connectivity index (χ1v) is 11.8. The number of aromatic nitrogens is 2. The maximum atomic E-state index is 12.9. The number of nitrogens with one attached hydrogen (secondary N) is 1. The van der Waals surface area contributed by atoms with E-state index < -0.39 is 0 Å². The molecule has 154 valence electrons. The van der Waals surface area contributed by atoms with E-state index in [9.17, 15) is 4.79 Å². The van der Waals surface area contributed by atoms with E-state index in [-0.39, 0.29) is 5.91 Å². The van der Waals surface area contributed by atoms with E-state index in [1.54, 1.807) is 24.0 Å². The van der Waals surface area contributed by atoms with E-state index in [0.717, 1.165) is 27.8 Å². The number of thioether (sulfide) groups is 1. The third-order valence-corrected chi connectivity index (χ3v) is 7.27. The molecular formula is C22H21N3O3S2. The minimum Gasteiger partial charge on any atom is -0.486 e. The number of fused-ring (bicyclic) bond motifs is 1. The molecule has 0 radical (unpaired) electrons. The summed E-state index contributed by atoms with van der Waals surface area (Å²) in [6.07, 6.45) is 6.64. The number of nitrogens with zero attached hydrogens (tertiary/aromatic N) is 2. The number of hydrogen-bond acceptors (Lipinski definition) is 7. The fraction of sp³-hybridized carbons (Fsp3) is 0.318. The third kappa shape index (κ3) is 4.15. The average molecular weight is 440 g/mol. The molecule has 8 heteroatoms. The molecule has 1 aliphatic carbocycles. The molecular weight excluding hydrogens is 418 g/mol. The first kappa shape index (κ1) is 19.4. The maximum Gasteiger partial charge on any atom is 0.260 e. The molecule has 0 saturated heterocycles. The molecule has 1 aliphatic heterocycles. The van der Waals surface area contributed by atoms with E-state index >= 15 is 0 Å². The van der Waals surface area contributed by atoms with E-state index in [1.807, 2.05) is 29.6 Å². The largest absolute Gasteiger partial charge is 0.486 e. The van der Waals surface area contributed by atoms with Gasteiger partial charge in [0.15, 0.2) is 16.6 Å². The molecule has 2 aromatic heterocycles. The Labute approximate surface area is 183 Å². The van der Waals surface area contributed by atoms with Crippen molar-refractivity contribution >= 4 is 34.1 Å². The van der Waals surface area contributed by atoms with Gasteiger partial charge >= 0.3 is 0 Å². The number of carbonyl (C=O) groups excluding carboxylic acids is 1. The second-order valence-corrected chi connectivity index (χ2v) is 9.38. The molecule has 1 amide bonds. The SMILES string of the molecule is O=C(Nc1nc(-c2ccc3c(c2)OCCO3)cs1)c1cccnc1SC1CCCC1. The second kappa shape index (κ2) is 8.65. The monoisotopic (exact) mass is 439 g/mol. The van der Waals surface area contributed by atoms with Crippen LogP contribution in [0.1, 0.15) is 36.0 Å². The quantitative estimate of drug-likeness (QED) is 0.584. The Balaban J connectivity index is 1.31. The standard InChI is InChI=1S/C22H21N3O3S2/c26-20(16-6-3-9-23-21(16)30-15-4-1-2-5-15)25-22-24-17(13-29-22)14-7-8-18-19(12-14)28-11-10-27-18/h3,6-9,12-13,15H,1-2,4-5,10-11H2,(H,24,25,26). The van der Waals surface area contributed by atoms with Gasteiger partial charge in [0.25, 0.3) is 5.91 Å². The molecule has 0 bridgehead atoms. The number of hydrogen-bond donors (Lipinski definition) is 1. The predicted octanol–water partition coefficient (Wildman–Crippen LogP) is 5.26. The van der Waals surface area contributed by atoms with Crippen molar-refractivity contribution in [1.29, 1.82) is 0 Å².